The van der Waals surface area contributed by atoms with Gasteiger partial charge in [-0.1, -0.05) is 47.6 Å². The van der Waals surface area contributed by atoms with E-state index in [2.05, 4.69) is 101 Å². The molecule has 154 valence electrons. The Morgan fingerprint density at radius 1 is 0.677 bits per heavy atom. The van der Waals surface area contributed by atoms with Gasteiger partial charge in [0.15, 0.2) is 0 Å². The van der Waals surface area contributed by atoms with Gasteiger partial charge in [0, 0.05) is 0 Å². The Bertz CT molecular complexity index is 1030. The van der Waals surface area contributed by atoms with Gasteiger partial charge < -0.3 is 0 Å². The average Bonchev–Trinajstić information content (AvgIpc) is 3.29. The van der Waals surface area contributed by atoms with Crippen molar-refractivity contribution >= 4 is 0 Å². The molecule has 0 radical (unpaired) electrons. The molecular formula is C30H30Zr. The van der Waals surface area contributed by atoms with Crippen LogP contribution in [-0.2, 0) is 26.2 Å². The summed E-state index contributed by atoms with van der Waals surface area (Å²) in [7, 11) is 0. The molecule has 0 aromatic heterocycles. The Balaban J connectivity index is 0.000000144. The third kappa shape index (κ3) is 3.54. The molecule has 0 aliphatic heterocycles. The van der Waals surface area contributed by atoms with Gasteiger partial charge in [0.25, 0.3) is 0 Å². The Morgan fingerprint density at radius 2 is 1.10 bits per heavy atom. The van der Waals surface area contributed by atoms with Crippen LogP contribution in [-0.4, -0.2) is 0 Å². The van der Waals surface area contributed by atoms with Crippen molar-refractivity contribution in [3.8, 4) is 0 Å². The van der Waals surface area contributed by atoms with Crippen molar-refractivity contribution in [1.29, 1.82) is 0 Å². The third-order valence-electron chi connectivity index (χ3n) is 7.23. The minimum atomic E-state index is 0. The van der Waals surface area contributed by atoms with Crippen molar-refractivity contribution in [2.75, 3.05) is 0 Å². The monoisotopic (exact) mass is 480 g/mol. The SMILES string of the molecule is CC1=CC23C=C[C-]=C2CCC=C3C(C)=C1.CC1=CC23C=C[C-]=C2CCC=C3C(C)=C1.[Zr+2]. The molecule has 6 aliphatic carbocycles. The number of hydrogen-bond donors (Lipinski definition) is 0. The van der Waals surface area contributed by atoms with Gasteiger partial charge in [-0.25, -0.2) is 24.3 Å². The molecule has 6 rings (SSSR count). The van der Waals surface area contributed by atoms with Crippen LogP contribution >= 0.6 is 0 Å². The van der Waals surface area contributed by atoms with E-state index in [0.29, 0.717) is 0 Å². The van der Waals surface area contributed by atoms with E-state index in [-0.39, 0.29) is 37.0 Å². The molecule has 0 aromatic rings. The predicted molar refractivity (Wildman–Crippen MR) is 126 cm³/mol. The molecule has 2 atom stereocenters. The summed E-state index contributed by atoms with van der Waals surface area (Å²) in [6.07, 6.45) is 34.4. The van der Waals surface area contributed by atoms with Crippen LogP contribution in [0.15, 0.2) is 105 Å². The van der Waals surface area contributed by atoms with Crippen molar-refractivity contribution in [2.45, 2.75) is 53.4 Å². The van der Waals surface area contributed by atoms with Crippen molar-refractivity contribution in [1.82, 2.24) is 0 Å². The molecule has 0 nitrogen and oxygen atoms in total. The van der Waals surface area contributed by atoms with E-state index in [1.54, 1.807) is 0 Å². The molecule has 0 amide bonds. The van der Waals surface area contributed by atoms with Crippen molar-refractivity contribution < 1.29 is 26.2 Å². The molecule has 0 heterocycles. The van der Waals surface area contributed by atoms with Gasteiger partial charge in [0.05, 0.1) is 0 Å². The Labute approximate surface area is 207 Å². The first-order valence-corrected chi connectivity index (χ1v) is 11.2. The molecule has 2 spiro atoms. The van der Waals surface area contributed by atoms with Gasteiger partial charge in [-0.2, -0.15) is 11.1 Å². The number of rotatable bonds is 0. The molecule has 0 fully saturated rings. The molecule has 0 aromatic carbocycles. The van der Waals surface area contributed by atoms with Crippen molar-refractivity contribution in [3.63, 3.8) is 0 Å². The zero-order chi connectivity index (χ0) is 20.9. The van der Waals surface area contributed by atoms with E-state index >= 15 is 0 Å². The summed E-state index contributed by atoms with van der Waals surface area (Å²) in [6, 6.07) is 0. The Kier molecular flexibility index (Phi) is 6.04. The molecule has 0 bridgehead atoms. The predicted octanol–water partition coefficient (Wildman–Crippen LogP) is 7.79. The van der Waals surface area contributed by atoms with Gasteiger partial charge in [-0.05, 0) is 86.5 Å². The smallest absolute Gasteiger partial charge is 0.252 e. The second kappa shape index (κ2) is 8.33. The first-order valence-electron chi connectivity index (χ1n) is 11.2. The molecule has 0 saturated heterocycles. The van der Waals surface area contributed by atoms with Crippen LogP contribution in [0.25, 0.3) is 0 Å². The molecule has 0 N–H and O–H groups in total. The summed E-state index contributed by atoms with van der Waals surface area (Å²) in [5.74, 6) is 0. The standard InChI is InChI=1S/2C15H15.Zr/c2*1-11-9-12(2)14-7-3-5-13-6-4-8-15(13,14)10-11;/h2*4,7-10H,3,5H2,1-2H3;/q2*-1;+2. The summed E-state index contributed by atoms with van der Waals surface area (Å²) in [6.45, 7) is 8.82. The van der Waals surface area contributed by atoms with Crippen LogP contribution in [0.2, 0.25) is 0 Å². The molecular weight excluding hydrogens is 452 g/mol. The van der Waals surface area contributed by atoms with Gasteiger partial charge >= 0.3 is 26.2 Å². The molecule has 1 heteroatoms. The van der Waals surface area contributed by atoms with Crippen LogP contribution in [0.1, 0.15) is 53.4 Å². The fourth-order valence-corrected chi connectivity index (χ4v) is 6.15. The zero-order valence-electron chi connectivity index (χ0n) is 19.1. The topological polar surface area (TPSA) is 0 Å². The van der Waals surface area contributed by atoms with Crippen LogP contribution < -0.4 is 0 Å². The summed E-state index contributed by atoms with van der Waals surface area (Å²) >= 11 is 0. The maximum Gasteiger partial charge on any atom is 2.00 e. The molecule has 6 aliphatic rings. The van der Waals surface area contributed by atoms with E-state index in [1.807, 2.05) is 0 Å². The second-order valence-corrected chi connectivity index (χ2v) is 9.39. The normalized spacial score (nSPS) is 31.4. The summed E-state index contributed by atoms with van der Waals surface area (Å²) in [4.78, 5) is 0. The summed E-state index contributed by atoms with van der Waals surface area (Å²) < 4.78 is 0. The maximum absolute atomic E-state index is 3.41. The fraction of sp³-hybridized carbons (Fsp3) is 0.333. The van der Waals surface area contributed by atoms with E-state index < -0.39 is 0 Å². The summed E-state index contributed by atoms with van der Waals surface area (Å²) in [5.41, 5.74) is 11.6. The van der Waals surface area contributed by atoms with Gasteiger partial charge in [-0.3, -0.25) is 12.2 Å². The molecule has 2 unspecified atom stereocenters. The van der Waals surface area contributed by atoms with Gasteiger partial charge in [0.1, 0.15) is 0 Å². The van der Waals surface area contributed by atoms with Crippen molar-refractivity contribution in [2.24, 2.45) is 10.8 Å². The molecule has 31 heavy (non-hydrogen) atoms. The van der Waals surface area contributed by atoms with E-state index in [1.165, 1.54) is 57.4 Å². The van der Waals surface area contributed by atoms with Crippen LogP contribution in [0, 0.1) is 23.0 Å². The fourth-order valence-electron chi connectivity index (χ4n) is 6.15. The number of hydrogen-bond acceptors (Lipinski definition) is 0. The van der Waals surface area contributed by atoms with E-state index in [4.69, 9.17) is 0 Å². The minimum Gasteiger partial charge on any atom is -0.252 e. The third-order valence-corrected chi connectivity index (χ3v) is 7.23. The molecule has 0 saturated carbocycles. The largest absolute Gasteiger partial charge is 2.00 e. The van der Waals surface area contributed by atoms with Crippen LogP contribution in [0.5, 0.6) is 0 Å². The van der Waals surface area contributed by atoms with Crippen LogP contribution in [0.3, 0.4) is 0 Å². The van der Waals surface area contributed by atoms with Crippen molar-refractivity contribution in [3.05, 3.63) is 117 Å². The first kappa shape index (κ1) is 22.5. The van der Waals surface area contributed by atoms with Crippen LogP contribution in [0.4, 0.5) is 0 Å². The first-order chi connectivity index (χ1) is 14.4. The Morgan fingerprint density at radius 3 is 1.52 bits per heavy atom. The average molecular weight is 482 g/mol. The minimum absolute atomic E-state index is 0. The van der Waals surface area contributed by atoms with E-state index in [9.17, 15) is 0 Å². The zero-order valence-corrected chi connectivity index (χ0v) is 21.6. The van der Waals surface area contributed by atoms with Gasteiger partial charge in [-0.15, -0.1) is 0 Å². The van der Waals surface area contributed by atoms with E-state index in [0.717, 1.165) is 12.8 Å². The van der Waals surface area contributed by atoms with Gasteiger partial charge in [0.2, 0.25) is 0 Å². The quantitative estimate of drug-likeness (QED) is 0.310. The maximum atomic E-state index is 3.41. The second-order valence-electron chi connectivity index (χ2n) is 9.39. The number of allylic oxidation sites excluding steroid dienone is 20. The Hall–Kier alpha value is -1.72. The summed E-state index contributed by atoms with van der Waals surface area (Å²) in [5, 5.41) is 0.